The number of hydrazine groups is 1. The minimum atomic E-state index is -0.675. The summed E-state index contributed by atoms with van der Waals surface area (Å²) in [5.74, 6) is -0.258. The molecular formula is C17H16N4O4. The van der Waals surface area contributed by atoms with Crippen molar-refractivity contribution in [2.24, 2.45) is 5.92 Å². The van der Waals surface area contributed by atoms with Gasteiger partial charge in [-0.25, -0.2) is 10.2 Å². The van der Waals surface area contributed by atoms with Gasteiger partial charge in [0.2, 0.25) is 5.91 Å². The van der Waals surface area contributed by atoms with Crippen molar-refractivity contribution in [3.8, 4) is 0 Å². The number of urea groups is 1. The van der Waals surface area contributed by atoms with E-state index < -0.39 is 11.0 Å². The van der Waals surface area contributed by atoms with Crippen molar-refractivity contribution in [1.82, 2.24) is 10.9 Å². The molecule has 0 bridgehead atoms. The van der Waals surface area contributed by atoms with E-state index in [0.29, 0.717) is 0 Å². The molecule has 0 saturated heterocycles. The van der Waals surface area contributed by atoms with Gasteiger partial charge in [-0.15, -0.1) is 0 Å². The second-order valence-corrected chi connectivity index (χ2v) is 5.74. The number of non-ortho nitro benzene ring substituents is 1. The average molecular weight is 340 g/mol. The second kappa shape index (κ2) is 7.00. The molecular weight excluding hydrogens is 324 g/mol. The first-order valence-corrected chi connectivity index (χ1v) is 7.71. The molecule has 2 aromatic rings. The van der Waals surface area contributed by atoms with Crippen LogP contribution < -0.4 is 16.2 Å². The maximum atomic E-state index is 12.0. The van der Waals surface area contributed by atoms with E-state index in [1.807, 2.05) is 30.3 Å². The highest BCUT2D eigenvalue weighted by Crippen LogP contribution is 2.47. The lowest BCUT2D eigenvalue weighted by molar-refractivity contribution is -0.384. The Morgan fingerprint density at radius 2 is 1.80 bits per heavy atom. The number of nitro groups is 1. The Labute approximate surface area is 143 Å². The summed E-state index contributed by atoms with van der Waals surface area (Å²) in [6.07, 6.45) is 0.740. The topological polar surface area (TPSA) is 113 Å². The smallest absolute Gasteiger partial charge is 0.306 e. The van der Waals surface area contributed by atoms with E-state index in [2.05, 4.69) is 16.2 Å². The van der Waals surface area contributed by atoms with Crippen LogP contribution in [0.4, 0.5) is 16.2 Å². The molecule has 3 rings (SSSR count). The third-order valence-corrected chi connectivity index (χ3v) is 3.97. The zero-order valence-corrected chi connectivity index (χ0v) is 13.1. The fraction of sp³-hybridized carbons (Fsp3) is 0.176. The van der Waals surface area contributed by atoms with Gasteiger partial charge in [-0.1, -0.05) is 36.4 Å². The molecule has 1 aliphatic carbocycles. The van der Waals surface area contributed by atoms with Gasteiger partial charge in [-0.2, -0.15) is 0 Å². The van der Waals surface area contributed by atoms with E-state index in [1.165, 1.54) is 24.3 Å². The molecule has 0 heterocycles. The molecule has 1 saturated carbocycles. The maximum Gasteiger partial charge on any atom is 0.337 e. The summed E-state index contributed by atoms with van der Waals surface area (Å²) in [4.78, 5) is 34.0. The quantitative estimate of drug-likeness (QED) is 0.586. The molecule has 2 atom stereocenters. The lowest BCUT2D eigenvalue weighted by Crippen LogP contribution is -2.44. The van der Waals surface area contributed by atoms with Crippen LogP contribution in [0, 0.1) is 16.0 Å². The number of carbonyl (C=O) groups excluding carboxylic acids is 2. The molecule has 8 nitrogen and oxygen atoms in total. The molecule has 0 aliphatic heterocycles. The highest BCUT2D eigenvalue weighted by molar-refractivity contribution is 5.92. The standard InChI is InChI=1S/C17H16N4O4/c22-16(15-10-14(15)11-5-2-1-3-6-11)19-20-17(23)18-12-7-4-8-13(9-12)21(24)25/h1-9,14-15H,10H2,(H,19,22)(H2,18,20,23)/t14-,15+/m1/s1. The van der Waals surface area contributed by atoms with Crippen LogP contribution in [0.3, 0.4) is 0 Å². The van der Waals surface area contributed by atoms with Gasteiger partial charge in [-0.05, 0) is 24.0 Å². The van der Waals surface area contributed by atoms with Gasteiger partial charge < -0.3 is 5.32 Å². The van der Waals surface area contributed by atoms with E-state index in [1.54, 1.807) is 0 Å². The Hall–Kier alpha value is -3.42. The summed E-state index contributed by atoms with van der Waals surface area (Å²) in [7, 11) is 0. The predicted molar refractivity (Wildman–Crippen MR) is 90.7 cm³/mol. The molecule has 0 spiro atoms. The van der Waals surface area contributed by atoms with E-state index in [-0.39, 0.29) is 29.1 Å². The Balaban J connectivity index is 1.47. The highest BCUT2D eigenvalue weighted by atomic mass is 16.6. The third-order valence-electron chi connectivity index (χ3n) is 3.97. The van der Waals surface area contributed by atoms with Crippen molar-refractivity contribution in [3.05, 3.63) is 70.3 Å². The van der Waals surface area contributed by atoms with Crippen molar-refractivity contribution in [2.45, 2.75) is 12.3 Å². The van der Waals surface area contributed by atoms with Gasteiger partial charge >= 0.3 is 6.03 Å². The van der Waals surface area contributed by atoms with Gasteiger partial charge in [0.1, 0.15) is 0 Å². The van der Waals surface area contributed by atoms with E-state index in [0.717, 1.165) is 12.0 Å². The Bertz CT molecular complexity index is 809. The Morgan fingerprint density at radius 3 is 2.52 bits per heavy atom. The summed E-state index contributed by atoms with van der Waals surface area (Å²) >= 11 is 0. The Morgan fingerprint density at radius 1 is 1.04 bits per heavy atom. The normalized spacial score (nSPS) is 18.1. The first kappa shape index (κ1) is 16.4. The van der Waals surface area contributed by atoms with Gasteiger partial charge in [0.05, 0.1) is 4.92 Å². The number of benzene rings is 2. The van der Waals surface area contributed by atoms with Crippen molar-refractivity contribution in [2.75, 3.05) is 5.32 Å². The molecule has 25 heavy (non-hydrogen) atoms. The summed E-state index contributed by atoms with van der Waals surface area (Å²) in [5, 5.41) is 13.1. The number of nitrogens with one attached hydrogen (secondary N) is 3. The third kappa shape index (κ3) is 4.11. The minimum Gasteiger partial charge on any atom is -0.306 e. The summed E-state index contributed by atoms with van der Waals surface area (Å²) in [5.41, 5.74) is 5.85. The number of amides is 3. The van der Waals surface area contributed by atoms with Gasteiger partial charge in [0.15, 0.2) is 0 Å². The van der Waals surface area contributed by atoms with Crippen molar-refractivity contribution < 1.29 is 14.5 Å². The average Bonchev–Trinajstić information content (AvgIpc) is 3.41. The molecule has 3 amide bonds. The van der Waals surface area contributed by atoms with Crippen LogP contribution >= 0.6 is 0 Å². The van der Waals surface area contributed by atoms with Crippen LogP contribution in [0.5, 0.6) is 0 Å². The van der Waals surface area contributed by atoms with E-state index in [9.17, 15) is 19.7 Å². The fourth-order valence-electron chi connectivity index (χ4n) is 2.62. The molecule has 0 unspecified atom stereocenters. The molecule has 0 radical (unpaired) electrons. The fourth-order valence-corrected chi connectivity index (χ4v) is 2.62. The molecule has 1 fully saturated rings. The van der Waals surface area contributed by atoms with Crippen LogP contribution in [0.1, 0.15) is 17.9 Å². The van der Waals surface area contributed by atoms with Crippen molar-refractivity contribution >= 4 is 23.3 Å². The predicted octanol–water partition coefficient (Wildman–Crippen LogP) is 2.55. The van der Waals surface area contributed by atoms with E-state index in [4.69, 9.17) is 0 Å². The van der Waals surface area contributed by atoms with Crippen molar-refractivity contribution in [1.29, 1.82) is 0 Å². The second-order valence-electron chi connectivity index (χ2n) is 5.74. The molecule has 2 aromatic carbocycles. The SMILES string of the molecule is O=C(NNC(=O)[C@H]1C[C@@H]1c1ccccc1)Nc1cccc([N+](=O)[O-])c1. The van der Waals surface area contributed by atoms with Gasteiger partial charge in [-0.3, -0.25) is 20.3 Å². The number of hydrogen-bond acceptors (Lipinski definition) is 4. The van der Waals surface area contributed by atoms with Crippen LogP contribution in [0.2, 0.25) is 0 Å². The first-order valence-electron chi connectivity index (χ1n) is 7.71. The molecule has 8 heteroatoms. The number of carbonyl (C=O) groups is 2. The summed E-state index contributed by atoms with van der Waals surface area (Å²) in [6, 6.07) is 14.6. The Kier molecular flexibility index (Phi) is 4.60. The largest absolute Gasteiger partial charge is 0.337 e. The molecule has 128 valence electrons. The lowest BCUT2D eigenvalue weighted by Gasteiger charge is -2.09. The molecule has 0 aromatic heterocycles. The first-order chi connectivity index (χ1) is 12.0. The van der Waals surface area contributed by atoms with E-state index >= 15 is 0 Å². The van der Waals surface area contributed by atoms with Crippen LogP contribution in [0.15, 0.2) is 54.6 Å². The zero-order valence-electron chi connectivity index (χ0n) is 13.1. The minimum absolute atomic E-state index is 0.134. The summed E-state index contributed by atoms with van der Waals surface area (Å²) < 4.78 is 0. The van der Waals surface area contributed by atoms with Crippen LogP contribution in [-0.4, -0.2) is 16.9 Å². The molecule has 3 N–H and O–H groups in total. The van der Waals surface area contributed by atoms with Crippen molar-refractivity contribution in [3.63, 3.8) is 0 Å². The van der Waals surface area contributed by atoms with Crippen LogP contribution in [-0.2, 0) is 4.79 Å². The monoisotopic (exact) mass is 340 g/mol. The number of nitro benzene ring substituents is 1. The number of anilines is 1. The van der Waals surface area contributed by atoms with Gasteiger partial charge in [0, 0.05) is 23.7 Å². The number of nitrogens with zero attached hydrogens (tertiary/aromatic N) is 1. The molecule has 1 aliphatic rings. The van der Waals surface area contributed by atoms with Crippen LogP contribution in [0.25, 0.3) is 0 Å². The number of hydrogen-bond donors (Lipinski definition) is 3. The summed E-state index contributed by atoms with van der Waals surface area (Å²) in [6.45, 7) is 0. The number of rotatable bonds is 4. The van der Waals surface area contributed by atoms with Gasteiger partial charge in [0.25, 0.3) is 5.69 Å². The highest BCUT2D eigenvalue weighted by Gasteiger charge is 2.43. The lowest BCUT2D eigenvalue weighted by atomic mass is 10.1. The maximum absolute atomic E-state index is 12.0. The zero-order chi connectivity index (χ0) is 17.8.